The average molecular weight is 424 g/mol. The molecule has 7 heteroatoms. The average Bonchev–Trinajstić information content (AvgIpc) is 3.27. The number of hydrogen-bond donors (Lipinski definition) is 0. The second-order valence-corrected chi connectivity index (χ2v) is 7.73. The number of amides is 1. The van der Waals surface area contributed by atoms with E-state index in [-0.39, 0.29) is 23.4 Å². The maximum Gasteiger partial charge on any atom is 0.292 e. The number of halogens is 1. The molecular formula is C24H25FN2O4. The van der Waals surface area contributed by atoms with Gasteiger partial charge in [-0.15, -0.1) is 0 Å². The van der Waals surface area contributed by atoms with Crippen molar-refractivity contribution in [2.24, 2.45) is 5.92 Å². The zero-order valence-electron chi connectivity index (χ0n) is 17.4. The number of nitrogens with zero attached hydrogens (tertiary/aromatic N) is 2. The molecule has 0 bridgehead atoms. The minimum Gasteiger partial charge on any atom is -0.497 e. The Morgan fingerprint density at radius 3 is 2.65 bits per heavy atom. The van der Waals surface area contributed by atoms with Crippen LogP contribution in [0.15, 0.2) is 59.1 Å². The maximum atomic E-state index is 13.0. The van der Waals surface area contributed by atoms with E-state index in [4.69, 9.17) is 14.0 Å². The van der Waals surface area contributed by atoms with Crippen LogP contribution < -0.4 is 9.47 Å². The van der Waals surface area contributed by atoms with Crippen molar-refractivity contribution < 1.29 is 23.2 Å². The molecule has 6 nitrogen and oxygen atoms in total. The smallest absolute Gasteiger partial charge is 0.292 e. The fourth-order valence-electron chi connectivity index (χ4n) is 3.73. The highest BCUT2D eigenvalue weighted by Gasteiger charge is 2.27. The third kappa shape index (κ3) is 5.42. The van der Waals surface area contributed by atoms with Gasteiger partial charge in [0, 0.05) is 31.5 Å². The molecule has 2 heterocycles. The largest absolute Gasteiger partial charge is 0.497 e. The first-order valence-electron chi connectivity index (χ1n) is 10.4. The van der Waals surface area contributed by atoms with Crippen LogP contribution in [0, 0.1) is 11.7 Å². The van der Waals surface area contributed by atoms with Gasteiger partial charge in [0.05, 0.1) is 19.4 Å². The summed E-state index contributed by atoms with van der Waals surface area (Å²) in [5.41, 5.74) is 1.77. The monoisotopic (exact) mass is 424 g/mol. The fraction of sp³-hybridized carbons (Fsp3) is 0.333. The number of hydrogen-bond acceptors (Lipinski definition) is 5. The molecule has 0 saturated carbocycles. The number of benzene rings is 2. The predicted molar refractivity (Wildman–Crippen MR) is 113 cm³/mol. The van der Waals surface area contributed by atoms with E-state index in [0.29, 0.717) is 37.6 Å². The van der Waals surface area contributed by atoms with Crippen molar-refractivity contribution in [2.45, 2.75) is 19.3 Å². The lowest BCUT2D eigenvalue weighted by Crippen LogP contribution is -2.41. The third-order valence-electron chi connectivity index (χ3n) is 5.42. The van der Waals surface area contributed by atoms with Crippen molar-refractivity contribution in [1.82, 2.24) is 10.1 Å². The van der Waals surface area contributed by atoms with Crippen LogP contribution in [0.1, 0.15) is 34.7 Å². The highest BCUT2D eigenvalue weighted by molar-refractivity contribution is 5.91. The number of likely N-dealkylation sites (tertiary alicyclic amines) is 1. The van der Waals surface area contributed by atoms with Crippen LogP contribution in [0.5, 0.6) is 11.5 Å². The first-order chi connectivity index (χ1) is 15.1. The van der Waals surface area contributed by atoms with Crippen LogP contribution in [0.25, 0.3) is 0 Å². The summed E-state index contributed by atoms with van der Waals surface area (Å²) in [7, 11) is 1.63. The molecule has 1 saturated heterocycles. The number of ether oxygens (including phenoxy) is 2. The van der Waals surface area contributed by atoms with Crippen LogP contribution in [-0.4, -0.2) is 42.8 Å². The highest BCUT2D eigenvalue weighted by Crippen LogP contribution is 2.22. The van der Waals surface area contributed by atoms with E-state index in [1.54, 1.807) is 30.2 Å². The quantitative estimate of drug-likeness (QED) is 0.564. The molecule has 3 aromatic rings. The Hall–Kier alpha value is -3.35. The molecule has 1 aliphatic heterocycles. The minimum atomic E-state index is -0.291. The van der Waals surface area contributed by atoms with E-state index in [1.807, 2.05) is 24.3 Å². The van der Waals surface area contributed by atoms with E-state index in [1.165, 1.54) is 12.1 Å². The molecule has 0 N–H and O–H groups in total. The molecule has 0 aliphatic carbocycles. The van der Waals surface area contributed by atoms with Gasteiger partial charge in [-0.25, -0.2) is 4.39 Å². The second kappa shape index (κ2) is 9.64. The lowest BCUT2D eigenvalue weighted by molar-refractivity contribution is 0.0593. The summed E-state index contributed by atoms with van der Waals surface area (Å²) in [5, 5.41) is 4.06. The molecule has 0 radical (unpaired) electrons. The fourth-order valence-corrected chi connectivity index (χ4v) is 3.73. The summed E-state index contributed by atoms with van der Waals surface area (Å²) < 4.78 is 29.3. The first-order valence-corrected chi connectivity index (χ1v) is 10.4. The SMILES string of the molecule is COc1ccc(Cc2cc(C(=O)N3CCCC(COc4ccc(F)cc4)C3)on2)cc1. The third-order valence-corrected chi connectivity index (χ3v) is 5.42. The van der Waals surface area contributed by atoms with Gasteiger partial charge in [-0.1, -0.05) is 17.3 Å². The summed E-state index contributed by atoms with van der Waals surface area (Å²) in [6.45, 7) is 1.75. The number of carbonyl (C=O) groups is 1. The summed E-state index contributed by atoms with van der Waals surface area (Å²) in [4.78, 5) is 14.7. The summed E-state index contributed by atoms with van der Waals surface area (Å²) in [6.07, 6.45) is 2.45. The lowest BCUT2D eigenvalue weighted by Gasteiger charge is -2.32. The molecular weight excluding hydrogens is 399 g/mol. The number of methoxy groups -OCH3 is 1. The van der Waals surface area contributed by atoms with E-state index in [9.17, 15) is 9.18 Å². The van der Waals surface area contributed by atoms with Gasteiger partial charge in [0.15, 0.2) is 0 Å². The summed E-state index contributed by atoms with van der Waals surface area (Å²) in [5.74, 6) is 1.44. The van der Waals surface area contributed by atoms with Gasteiger partial charge in [-0.05, 0) is 54.8 Å². The Morgan fingerprint density at radius 2 is 1.90 bits per heavy atom. The van der Waals surface area contributed by atoms with Crippen molar-refractivity contribution in [3.8, 4) is 11.5 Å². The Labute approximate surface area is 180 Å². The van der Waals surface area contributed by atoms with Gasteiger partial charge in [-0.2, -0.15) is 0 Å². The van der Waals surface area contributed by atoms with Crippen molar-refractivity contribution in [3.63, 3.8) is 0 Å². The molecule has 1 atom stereocenters. The van der Waals surface area contributed by atoms with Gasteiger partial charge >= 0.3 is 0 Å². The normalized spacial score (nSPS) is 16.2. The Morgan fingerprint density at radius 1 is 1.16 bits per heavy atom. The molecule has 1 fully saturated rings. The van der Waals surface area contributed by atoms with E-state index in [0.717, 1.165) is 24.2 Å². The molecule has 2 aromatic carbocycles. The molecule has 31 heavy (non-hydrogen) atoms. The number of aromatic nitrogens is 1. The topological polar surface area (TPSA) is 64.8 Å². The minimum absolute atomic E-state index is 0.153. The molecule has 1 aliphatic rings. The predicted octanol–water partition coefficient (Wildman–Crippen LogP) is 4.34. The van der Waals surface area contributed by atoms with Gasteiger partial charge in [0.1, 0.15) is 17.3 Å². The van der Waals surface area contributed by atoms with E-state index < -0.39 is 0 Å². The molecule has 1 unspecified atom stereocenters. The molecule has 1 amide bonds. The standard InChI is InChI=1S/C24H25FN2O4/c1-29-21-8-4-17(5-9-21)13-20-14-23(31-26-20)24(28)27-12-2-3-18(15-27)16-30-22-10-6-19(25)7-11-22/h4-11,14,18H,2-3,12-13,15-16H2,1H3. The zero-order chi connectivity index (χ0) is 21.6. The highest BCUT2D eigenvalue weighted by atomic mass is 19.1. The van der Waals surface area contributed by atoms with E-state index >= 15 is 0 Å². The lowest BCUT2D eigenvalue weighted by atomic mass is 9.98. The first kappa shape index (κ1) is 20.9. The van der Waals surface area contributed by atoms with Crippen molar-refractivity contribution in [1.29, 1.82) is 0 Å². The zero-order valence-corrected chi connectivity index (χ0v) is 17.4. The number of rotatable bonds is 7. The van der Waals surface area contributed by atoms with Crippen LogP contribution in [0.3, 0.4) is 0 Å². The van der Waals surface area contributed by atoms with Crippen molar-refractivity contribution in [3.05, 3.63) is 77.4 Å². The number of carbonyl (C=O) groups excluding carboxylic acids is 1. The Balaban J connectivity index is 1.32. The van der Waals surface area contributed by atoms with Gasteiger partial charge in [-0.3, -0.25) is 4.79 Å². The van der Waals surface area contributed by atoms with Gasteiger partial charge < -0.3 is 18.9 Å². The summed E-state index contributed by atoms with van der Waals surface area (Å²) >= 11 is 0. The molecule has 162 valence electrons. The van der Waals surface area contributed by atoms with E-state index in [2.05, 4.69) is 5.16 Å². The molecule has 1 aromatic heterocycles. The van der Waals surface area contributed by atoms with Gasteiger partial charge in [0.25, 0.3) is 5.91 Å². The Kier molecular flexibility index (Phi) is 6.50. The van der Waals surface area contributed by atoms with Crippen LogP contribution in [-0.2, 0) is 6.42 Å². The van der Waals surface area contributed by atoms with Gasteiger partial charge in [0.2, 0.25) is 5.76 Å². The number of piperidine rings is 1. The maximum absolute atomic E-state index is 13.0. The van der Waals surface area contributed by atoms with Crippen molar-refractivity contribution >= 4 is 5.91 Å². The molecule has 0 spiro atoms. The Bertz CT molecular complexity index is 1000. The van der Waals surface area contributed by atoms with Crippen LogP contribution in [0.2, 0.25) is 0 Å². The summed E-state index contributed by atoms with van der Waals surface area (Å²) in [6, 6.07) is 15.4. The van der Waals surface area contributed by atoms with Crippen LogP contribution >= 0.6 is 0 Å². The molecule has 4 rings (SSSR count). The van der Waals surface area contributed by atoms with Crippen LogP contribution in [0.4, 0.5) is 4.39 Å². The van der Waals surface area contributed by atoms with Crippen molar-refractivity contribution in [2.75, 3.05) is 26.8 Å². The second-order valence-electron chi connectivity index (χ2n) is 7.73.